The van der Waals surface area contributed by atoms with E-state index < -0.39 is 29.1 Å². The quantitative estimate of drug-likeness (QED) is 0.197. The summed E-state index contributed by atoms with van der Waals surface area (Å²) < 4.78 is 5.78. The number of benzene rings is 2. The average molecular weight is 583 g/mol. The summed E-state index contributed by atoms with van der Waals surface area (Å²) in [7, 11) is 1.50. The highest BCUT2D eigenvalue weighted by molar-refractivity contribution is 5.83. The number of hydroxylamine groups is 2. The summed E-state index contributed by atoms with van der Waals surface area (Å²) in [5, 5.41) is 37.1. The Bertz CT molecular complexity index is 1350. The Morgan fingerprint density at radius 3 is 2.64 bits per heavy atom. The minimum absolute atomic E-state index is 0.0242. The van der Waals surface area contributed by atoms with Crippen molar-refractivity contribution in [2.45, 2.75) is 71.4 Å². The number of methoxy groups -OCH3 is 1. The number of nitrogen functional groups attached to an aromatic ring is 1. The Morgan fingerprint density at radius 1 is 1.31 bits per heavy atom. The molecule has 11 nitrogen and oxygen atoms in total. The Hall–Kier alpha value is -3.25. The van der Waals surface area contributed by atoms with Gasteiger partial charge in [0.15, 0.2) is 0 Å². The summed E-state index contributed by atoms with van der Waals surface area (Å²) in [4.78, 5) is 31.0. The molecule has 3 saturated carbocycles. The van der Waals surface area contributed by atoms with Gasteiger partial charge in [-0.15, -0.1) is 0 Å². The summed E-state index contributed by atoms with van der Waals surface area (Å²) in [6.07, 6.45) is 0.409. The predicted molar refractivity (Wildman–Crippen MR) is 157 cm³/mol. The van der Waals surface area contributed by atoms with Crippen molar-refractivity contribution in [2.75, 3.05) is 19.5 Å². The molecule has 2 bridgehead atoms. The van der Waals surface area contributed by atoms with Gasteiger partial charge in [-0.2, -0.15) is 5.06 Å². The van der Waals surface area contributed by atoms with E-state index in [0.717, 1.165) is 6.42 Å². The summed E-state index contributed by atoms with van der Waals surface area (Å²) in [6.45, 7) is 8.18. The third-order valence-electron chi connectivity index (χ3n) is 10.2. The number of nitrogens with two attached hydrogens (primary N) is 1. The van der Waals surface area contributed by atoms with Crippen molar-refractivity contribution in [3.05, 3.63) is 52.1 Å². The number of fused-ring (bicyclic) bond motifs is 2. The zero-order chi connectivity index (χ0) is 30.5. The number of amides is 1. The molecule has 2 aromatic carbocycles. The van der Waals surface area contributed by atoms with Gasteiger partial charge in [0.25, 0.3) is 5.69 Å². The molecule has 1 heterocycles. The van der Waals surface area contributed by atoms with Gasteiger partial charge in [-0.25, -0.2) is 0 Å². The van der Waals surface area contributed by atoms with E-state index in [1.807, 2.05) is 6.07 Å². The number of hydrogen-bond acceptors (Lipinski definition) is 9. The van der Waals surface area contributed by atoms with Crippen LogP contribution in [0.2, 0.25) is 0 Å². The average Bonchev–Trinajstić information content (AvgIpc) is 3.31. The summed E-state index contributed by atoms with van der Waals surface area (Å²) in [6, 6.07) is 8.93. The SMILES string of the molecule is COc1c(CN2O[C@@H](CO)[C@H]([C@H](C)O)[C@H]2C(=O)N[C@H]2C[C@H]3C[C@@H]([C@@H]2C)C3(C)C)cccc1-c1cc(N)cc([N+](=O)[O-])c1. The second-order valence-electron chi connectivity index (χ2n) is 12.8. The zero-order valence-corrected chi connectivity index (χ0v) is 24.8. The maximum atomic E-state index is 14.0. The van der Waals surface area contributed by atoms with Crippen molar-refractivity contribution >= 4 is 17.3 Å². The standard InChI is InChI=1S/C31H42N4O7/c1-16-24-11-20(31(24,3)4)12-25(16)33-30(38)28-27(17(2)37)26(15-36)42-34(28)14-18-7-6-8-23(29(18)41-5)19-9-21(32)13-22(10-19)35(39)40/h6-10,13,16-17,20,24-28,36-37H,11-12,14-15,32H2,1-5H3,(H,33,38)/t16-,17-,20+,24-,25-,26-,27-,28-/m0/s1. The van der Waals surface area contributed by atoms with Crippen LogP contribution in [0.1, 0.15) is 46.1 Å². The maximum absolute atomic E-state index is 14.0. The molecule has 1 aliphatic heterocycles. The number of para-hydroxylation sites is 1. The maximum Gasteiger partial charge on any atom is 0.272 e. The van der Waals surface area contributed by atoms with E-state index in [9.17, 15) is 25.1 Å². The first-order valence-corrected chi connectivity index (χ1v) is 14.6. The molecule has 11 heteroatoms. The van der Waals surface area contributed by atoms with Crippen molar-refractivity contribution in [2.24, 2.45) is 29.1 Å². The molecule has 1 saturated heterocycles. The number of rotatable bonds is 9. The van der Waals surface area contributed by atoms with Gasteiger partial charge in [-0.3, -0.25) is 19.7 Å². The van der Waals surface area contributed by atoms with Gasteiger partial charge >= 0.3 is 0 Å². The number of ether oxygens (including phenoxy) is 1. The zero-order valence-electron chi connectivity index (χ0n) is 24.8. The molecule has 3 aliphatic carbocycles. The lowest BCUT2D eigenvalue weighted by molar-refractivity contribution is -0.384. The minimum Gasteiger partial charge on any atom is -0.496 e. The number of nitro groups is 1. The molecule has 1 amide bonds. The predicted octanol–water partition coefficient (Wildman–Crippen LogP) is 3.51. The van der Waals surface area contributed by atoms with Crippen LogP contribution in [0.3, 0.4) is 0 Å². The van der Waals surface area contributed by atoms with Crippen LogP contribution in [0, 0.1) is 39.2 Å². The largest absolute Gasteiger partial charge is 0.496 e. The molecule has 42 heavy (non-hydrogen) atoms. The number of carbonyl (C=O) groups is 1. The molecule has 0 spiro atoms. The topological polar surface area (TPSA) is 160 Å². The Labute approximate surface area is 246 Å². The lowest BCUT2D eigenvalue weighted by Gasteiger charge is -2.62. The van der Waals surface area contributed by atoms with Gasteiger partial charge in [0.2, 0.25) is 5.91 Å². The fourth-order valence-electron chi connectivity index (χ4n) is 7.73. The number of nitrogens with zero attached hydrogens (tertiary/aromatic N) is 2. The molecule has 0 radical (unpaired) electrons. The number of anilines is 1. The Kier molecular flexibility index (Phi) is 8.23. The number of aliphatic hydroxyl groups is 2. The van der Waals surface area contributed by atoms with Crippen LogP contribution < -0.4 is 15.8 Å². The molecular formula is C31H42N4O7. The van der Waals surface area contributed by atoms with Crippen molar-refractivity contribution in [3.63, 3.8) is 0 Å². The van der Waals surface area contributed by atoms with Crippen LogP contribution in [-0.4, -0.2) is 64.1 Å². The molecular weight excluding hydrogens is 540 g/mol. The Balaban J connectivity index is 1.44. The number of hydrogen-bond donors (Lipinski definition) is 4. The fraction of sp³-hybridized carbons (Fsp3) is 0.581. The molecule has 2 aromatic rings. The van der Waals surface area contributed by atoms with Gasteiger partial charge < -0.3 is 26.0 Å². The van der Waals surface area contributed by atoms with E-state index in [4.69, 9.17) is 15.3 Å². The molecule has 4 fully saturated rings. The van der Waals surface area contributed by atoms with Crippen molar-refractivity contribution < 1.29 is 29.5 Å². The van der Waals surface area contributed by atoms with Gasteiger partial charge in [-0.1, -0.05) is 39.0 Å². The van der Waals surface area contributed by atoms with Crippen LogP contribution >= 0.6 is 0 Å². The van der Waals surface area contributed by atoms with E-state index in [-0.39, 0.29) is 41.9 Å². The van der Waals surface area contributed by atoms with E-state index in [0.29, 0.717) is 40.2 Å². The van der Waals surface area contributed by atoms with Gasteiger partial charge in [0, 0.05) is 40.9 Å². The van der Waals surface area contributed by atoms with Gasteiger partial charge in [-0.05, 0) is 54.6 Å². The van der Waals surface area contributed by atoms with Crippen molar-refractivity contribution in [1.29, 1.82) is 0 Å². The lowest BCUT2D eigenvalue weighted by atomic mass is 9.45. The molecule has 8 atom stereocenters. The third kappa shape index (κ3) is 5.23. The first-order valence-electron chi connectivity index (χ1n) is 14.6. The second-order valence-corrected chi connectivity index (χ2v) is 12.8. The fourth-order valence-corrected chi connectivity index (χ4v) is 7.73. The number of non-ortho nitro benzene ring substituents is 1. The highest BCUT2D eigenvalue weighted by Gasteiger charge is 2.57. The third-order valence-corrected chi connectivity index (χ3v) is 10.2. The van der Waals surface area contributed by atoms with Crippen LogP contribution in [0.15, 0.2) is 36.4 Å². The molecule has 228 valence electrons. The van der Waals surface area contributed by atoms with E-state index in [2.05, 4.69) is 26.1 Å². The number of carbonyl (C=O) groups excluding carboxylic acids is 1. The van der Waals surface area contributed by atoms with Crippen molar-refractivity contribution in [1.82, 2.24) is 10.4 Å². The van der Waals surface area contributed by atoms with E-state index >= 15 is 0 Å². The molecule has 6 rings (SSSR count). The van der Waals surface area contributed by atoms with Gasteiger partial charge in [0.05, 0.1) is 31.3 Å². The van der Waals surface area contributed by atoms with Crippen LogP contribution in [0.5, 0.6) is 5.75 Å². The number of aliphatic hydroxyl groups excluding tert-OH is 2. The highest BCUT2D eigenvalue weighted by atomic mass is 16.7. The highest BCUT2D eigenvalue weighted by Crippen LogP contribution is 2.61. The van der Waals surface area contributed by atoms with Crippen molar-refractivity contribution in [3.8, 4) is 16.9 Å². The first-order chi connectivity index (χ1) is 19.9. The van der Waals surface area contributed by atoms with E-state index in [1.54, 1.807) is 25.1 Å². The summed E-state index contributed by atoms with van der Waals surface area (Å²) in [5.74, 6) is 0.976. The number of nitrogens with one attached hydrogen (secondary N) is 1. The minimum atomic E-state index is -0.917. The second kappa shape index (κ2) is 11.4. The summed E-state index contributed by atoms with van der Waals surface area (Å²) >= 11 is 0. The molecule has 0 unspecified atom stereocenters. The molecule has 0 aromatic heterocycles. The monoisotopic (exact) mass is 582 g/mol. The smallest absolute Gasteiger partial charge is 0.272 e. The van der Waals surface area contributed by atoms with Crippen LogP contribution in [0.25, 0.3) is 11.1 Å². The normalized spacial score (nSPS) is 30.8. The molecule has 5 N–H and O–H groups in total. The number of nitro benzene ring substituents is 1. The first kappa shape index (κ1) is 30.2. The summed E-state index contributed by atoms with van der Waals surface area (Å²) in [5.41, 5.74) is 8.12. The van der Waals surface area contributed by atoms with Gasteiger partial charge in [0.1, 0.15) is 17.9 Å². The Morgan fingerprint density at radius 2 is 2.05 bits per heavy atom. The van der Waals surface area contributed by atoms with Crippen LogP contribution in [0.4, 0.5) is 11.4 Å². The van der Waals surface area contributed by atoms with E-state index in [1.165, 1.54) is 30.7 Å². The van der Waals surface area contributed by atoms with Crippen LogP contribution in [-0.2, 0) is 16.2 Å². The lowest BCUT2D eigenvalue weighted by Crippen LogP contribution is -2.62. The molecule has 4 aliphatic rings.